The van der Waals surface area contributed by atoms with E-state index in [0.717, 1.165) is 38.2 Å². The molecule has 1 aliphatic carbocycles. The van der Waals surface area contributed by atoms with Crippen LogP contribution in [0.25, 0.3) is 0 Å². The van der Waals surface area contributed by atoms with E-state index in [-0.39, 0.29) is 24.0 Å². The molecule has 1 aliphatic rings. The van der Waals surface area contributed by atoms with Crippen LogP contribution in [0.3, 0.4) is 0 Å². The molecular weight excluding hydrogens is 377 g/mol. The van der Waals surface area contributed by atoms with Gasteiger partial charge in [-0.3, -0.25) is 4.99 Å². The zero-order valence-electron chi connectivity index (χ0n) is 14.4. The SMILES string of the molecule is CN=C(NCCCC(C)(C)C)N(C)CCOCC1CC1.I. The summed E-state index contributed by atoms with van der Waals surface area (Å²) < 4.78 is 5.67. The Bertz CT molecular complexity index is 298. The van der Waals surface area contributed by atoms with Crippen molar-refractivity contribution in [3.05, 3.63) is 0 Å². The second-order valence-corrected chi connectivity index (χ2v) is 7.08. The molecule has 4 nitrogen and oxygen atoms in total. The number of rotatable bonds is 8. The maximum Gasteiger partial charge on any atom is 0.193 e. The van der Waals surface area contributed by atoms with Crippen LogP contribution in [-0.2, 0) is 4.74 Å². The highest BCUT2D eigenvalue weighted by atomic mass is 127. The normalized spacial score (nSPS) is 15.6. The summed E-state index contributed by atoms with van der Waals surface area (Å²) in [6.45, 7) is 10.4. The monoisotopic (exact) mass is 411 g/mol. The fourth-order valence-electron chi connectivity index (χ4n) is 2.05. The standard InChI is InChI=1S/C16H33N3O.HI/c1-16(2,3)9-6-10-18-15(17-4)19(5)11-12-20-13-14-7-8-14;/h14H,6-13H2,1-5H3,(H,17,18);1H. The number of guanidine groups is 1. The number of nitrogens with one attached hydrogen (secondary N) is 1. The number of hydrogen-bond acceptors (Lipinski definition) is 2. The van der Waals surface area contributed by atoms with E-state index in [9.17, 15) is 0 Å². The van der Waals surface area contributed by atoms with Gasteiger partial charge in [0.15, 0.2) is 5.96 Å². The van der Waals surface area contributed by atoms with Crippen LogP contribution in [0.5, 0.6) is 0 Å². The largest absolute Gasteiger partial charge is 0.379 e. The molecule has 0 amide bonds. The summed E-state index contributed by atoms with van der Waals surface area (Å²) in [6, 6.07) is 0. The second kappa shape index (κ2) is 10.6. The molecule has 0 unspecified atom stereocenters. The van der Waals surface area contributed by atoms with E-state index in [1.54, 1.807) is 0 Å². The molecule has 0 bridgehead atoms. The predicted octanol–water partition coefficient (Wildman–Crippen LogP) is 3.36. The van der Waals surface area contributed by atoms with Gasteiger partial charge in [-0.1, -0.05) is 20.8 Å². The molecule has 0 aliphatic heterocycles. The molecule has 0 aromatic heterocycles. The van der Waals surface area contributed by atoms with E-state index >= 15 is 0 Å². The average molecular weight is 411 g/mol. The Morgan fingerprint density at radius 2 is 2.00 bits per heavy atom. The van der Waals surface area contributed by atoms with Crippen molar-refractivity contribution in [1.82, 2.24) is 10.2 Å². The van der Waals surface area contributed by atoms with Crippen molar-refractivity contribution in [1.29, 1.82) is 0 Å². The lowest BCUT2D eigenvalue weighted by molar-refractivity contribution is 0.115. The van der Waals surface area contributed by atoms with Crippen molar-refractivity contribution < 1.29 is 4.74 Å². The van der Waals surface area contributed by atoms with Gasteiger partial charge in [-0.2, -0.15) is 0 Å². The second-order valence-electron chi connectivity index (χ2n) is 7.08. The van der Waals surface area contributed by atoms with Crippen LogP contribution in [-0.4, -0.2) is 51.3 Å². The van der Waals surface area contributed by atoms with Gasteiger partial charge in [0, 0.05) is 33.8 Å². The fourth-order valence-corrected chi connectivity index (χ4v) is 2.05. The molecule has 0 spiro atoms. The molecule has 1 N–H and O–H groups in total. The maximum atomic E-state index is 5.67. The van der Waals surface area contributed by atoms with Crippen LogP contribution in [0, 0.1) is 11.3 Å². The van der Waals surface area contributed by atoms with E-state index in [0.29, 0.717) is 5.41 Å². The van der Waals surface area contributed by atoms with Crippen LogP contribution in [0.2, 0.25) is 0 Å². The molecule has 0 heterocycles. The maximum absolute atomic E-state index is 5.67. The Kier molecular flexibility index (Phi) is 10.6. The number of nitrogens with zero attached hydrogens (tertiary/aromatic N) is 2. The Morgan fingerprint density at radius 1 is 1.33 bits per heavy atom. The highest BCUT2D eigenvalue weighted by molar-refractivity contribution is 14.0. The summed E-state index contributed by atoms with van der Waals surface area (Å²) in [5.41, 5.74) is 0.410. The number of hydrogen-bond donors (Lipinski definition) is 1. The highest BCUT2D eigenvalue weighted by Crippen LogP contribution is 2.28. The van der Waals surface area contributed by atoms with Gasteiger partial charge in [0.2, 0.25) is 0 Å². The zero-order valence-corrected chi connectivity index (χ0v) is 16.8. The molecule has 0 aromatic rings. The lowest BCUT2D eigenvalue weighted by atomic mass is 9.91. The quantitative estimate of drug-likeness (QED) is 0.288. The molecule has 21 heavy (non-hydrogen) atoms. The van der Waals surface area contributed by atoms with Gasteiger partial charge in [-0.15, -0.1) is 24.0 Å². The van der Waals surface area contributed by atoms with Gasteiger partial charge in [0.05, 0.1) is 6.61 Å². The van der Waals surface area contributed by atoms with Crippen molar-refractivity contribution in [2.24, 2.45) is 16.3 Å². The molecule has 0 aromatic carbocycles. The molecule has 0 radical (unpaired) electrons. The van der Waals surface area contributed by atoms with E-state index in [1.807, 2.05) is 7.05 Å². The van der Waals surface area contributed by atoms with Crippen LogP contribution < -0.4 is 5.32 Å². The van der Waals surface area contributed by atoms with Crippen LogP contribution in [0.1, 0.15) is 46.5 Å². The summed E-state index contributed by atoms with van der Waals surface area (Å²) in [5.74, 6) is 1.81. The van der Waals surface area contributed by atoms with Crippen LogP contribution in [0.4, 0.5) is 0 Å². The first-order chi connectivity index (χ1) is 9.42. The number of likely N-dealkylation sites (N-methyl/N-ethyl adjacent to an activating group) is 1. The summed E-state index contributed by atoms with van der Waals surface area (Å²) in [4.78, 5) is 6.47. The van der Waals surface area contributed by atoms with Gasteiger partial charge in [-0.25, -0.2) is 0 Å². The van der Waals surface area contributed by atoms with Gasteiger partial charge in [-0.05, 0) is 37.0 Å². The van der Waals surface area contributed by atoms with E-state index in [4.69, 9.17) is 4.74 Å². The number of halogens is 1. The summed E-state index contributed by atoms with van der Waals surface area (Å²) in [6.07, 6.45) is 5.11. The van der Waals surface area contributed by atoms with Crippen molar-refractivity contribution in [2.75, 3.05) is 40.4 Å². The lowest BCUT2D eigenvalue weighted by Gasteiger charge is -2.23. The average Bonchev–Trinajstić information content (AvgIpc) is 3.17. The molecule has 5 heteroatoms. The molecule has 0 saturated heterocycles. The summed E-state index contributed by atoms with van der Waals surface area (Å²) in [7, 11) is 3.91. The van der Waals surface area contributed by atoms with E-state index < -0.39 is 0 Å². The first-order valence-electron chi connectivity index (χ1n) is 7.92. The third-order valence-electron chi connectivity index (χ3n) is 3.58. The zero-order chi connectivity index (χ0) is 15.0. The minimum absolute atomic E-state index is 0. The molecule has 1 rings (SSSR count). The highest BCUT2D eigenvalue weighted by Gasteiger charge is 2.21. The summed E-state index contributed by atoms with van der Waals surface area (Å²) >= 11 is 0. The van der Waals surface area contributed by atoms with Crippen molar-refractivity contribution in [2.45, 2.75) is 46.5 Å². The van der Waals surface area contributed by atoms with Crippen LogP contribution in [0.15, 0.2) is 4.99 Å². The fraction of sp³-hybridized carbons (Fsp3) is 0.938. The smallest absolute Gasteiger partial charge is 0.193 e. The Balaban J connectivity index is 0.00000400. The van der Waals surface area contributed by atoms with E-state index in [1.165, 1.54) is 25.7 Å². The van der Waals surface area contributed by atoms with Crippen molar-refractivity contribution in [3.8, 4) is 0 Å². The molecule has 1 saturated carbocycles. The van der Waals surface area contributed by atoms with Gasteiger partial charge < -0.3 is 15.0 Å². The van der Waals surface area contributed by atoms with E-state index in [2.05, 4.69) is 43.0 Å². The molecular formula is C16H34IN3O. The van der Waals surface area contributed by atoms with Crippen molar-refractivity contribution >= 4 is 29.9 Å². The van der Waals surface area contributed by atoms with Gasteiger partial charge in [0.25, 0.3) is 0 Å². The number of aliphatic imine (C=N–C) groups is 1. The Morgan fingerprint density at radius 3 is 2.52 bits per heavy atom. The number of ether oxygens (including phenoxy) is 1. The minimum atomic E-state index is 0. The molecule has 126 valence electrons. The van der Waals surface area contributed by atoms with Gasteiger partial charge >= 0.3 is 0 Å². The minimum Gasteiger partial charge on any atom is -0.379 e. The topological polar surface area (TPSA) is 36.9 Å². The van der Waals surface area contributed by atoms with Crippen LogP contribution >= 0.6 is 24.0 Å². The predicted molar refractivity (Wildman–Crippen MR) is 102 cm³/mol. The third kappa shape index (κ3) is 11.2. The van der Waals surface area contributed by atoms with Crippen molar-refractivity contribution in [3.63, 3.8) is 0 Å². The molecule has 0 atom stereocenters. The van der Waals surface area contributed by atoms with Gasteiger partial charge in [0.1, 0.15) is 0 Å². The Labute approximate surface area is 148 Å². The first kappa shape index (κ1) is 21.0. The molecule has 1 fully saturated rings. The lowest BCUT2D eigenvalue weighted by Crippen LogP contribution is -2.41. The third-order valence-corrected chi connectivity index (χ3v) is 3.58. The Hall–Kier alpha value is -0.0400. The summed E-state index contributed by atoms with van der Waals surface area (Å²) in [5, 5.41) is 3.42. The first-order valence-corrected chi connectivity index (χ1v) is 7.92.